The molecule has 0 N–H and O–H groups in total. The predicted molar refractivity (Wildman–Crippen MR) is 121 cm³/mol. The molecule has 2 aromatic rings. The molecular formula is C23H30N4O4S. The molecule has 2 heterocycles. The van der Waals surface area contributed by atoms with Gasteiger partial charge in [-0.05, 0) is 48.7 Å². The summed E-state index contributed by atoms with van der Waals surface area (Å²) in [5.74, 6) is -0.231. The number of pyridine rings is 1. The number of sulfonamides is 1. The third-order valence-corrected chi connectivity index (χ3v) is 7.74. The van der Waals surface area contributed by atoms with Crippen molar-refractivity contribution < 1.29 is 18.0 Å². The molecule has 0 bridgehead atoms. The Hall–Kier alpha value is -2.78. The number of amides is 2. The van der Waals surface area contributed by atoms with E-state index in [0.29, 0.717) is 30.1 Å². The SMILES string of the molecule is Cc1ccc(C)c(S(=O)(=O)N2CCN(C(=O)CCC(=O)N(C)Cc3ccncc3)CC2)c1. The van der Waals surface area contributed by atoms with Gasteiger partial charge in [0.05, 0.1) is 4.90 Å². The lowest BCUT2D eigenvalue weighted by Gasteiger charge is -2.34. The van der Waals surface area contributed by atoms with Crippen molar-refractivity contribution in [2.75, 3.05) is 33.2 Å². The van der Waals surface area contributed by atoms with Crippen LogP contribution in [0.3, 0.4) is 0 Å². The fraction of sp³-hybridized carbons (Fsp3) is 0.435. The topological polar surface area (TPSA) is 90.9 Å². The molecule has 1 saturated heterocycles. The van der Waals surface area contributed by atoms with Gasteiger partial charge in [-0.3, -0.25) is 14.6 Å². The molecule has 1 aliphatic rings. The minimum absolute atomic E-state index is 0.105. The fourth-order valence-electron chi connectivity index (χ4n) is 3.72. The predicted octanol–water partition coefficient (Wildman–Crippen LogP) is 1.97. The quantitative estimate of drug-likeness (QED) is 0.633. The largest absolute Gasteiger partial charge is 0.341 e. The van der Waals surface area contributed by atoms with Gasteiger partial charge in [-0.2, -0.15) is 4.31 Å². The number of nitrogens with zero attached hydrogens (tertiary/aromatic N) is 4. The van der Waals surface area contributed by atoms with Crippen LogP contribution in [-0.4, -0.2) is 72.5 Å². The maximum Gasteiger partial charge on any atom is 0.243 e. The molecule has 0 saturated carbocycles. The first-order valence-electron chi connectivity index (χ1n) is 10.7. The number of carbonyl (C=O) groups is 2. The van der Waals surface area contributed by atoms with Gasteiger partial charge < -0.3 is 9.80 Å². The molecule has 32 heavy (non-hydrogen) atoms. The van der Waals surface area contributed by atoms with E-state index in [0.717, 1.165) is 11.1 Å². The molecule has 0 unspecified atom stereocenters. The highest BCUT2D eigenvalue weighted by Crippen LogP contribution is 2.22. The second-order valence-corrected chi connectivity index (χ2v) is 10.1. The van der Waals surface area contributed by atoms with E-state index < -0.39 is 10.0 Å². The maximum atomic E-state index is 13.0. The summed E-state index contributed by atoms with van der Waals surface area (Å²) in [5.41, 5.74) is 2.58. The first-order chi connectivity index (χ1) is 15.2. The molecule has 172 valence electrons. The second-order valence-electron chi connectivity index (χ2n) is 8.16. The van der Waals surface area contributed by atoms with E-state index in [1.807, 2.05) is 31.2 Å². The van der Waals surface area contributed by atoms with Gasteiger partial charge in [-0.25, -0.2) is 8.42 Å². The van der Waals surface area contributed by atoms with E-state index in [9.17, 15) is 18.0 Å². The summed E-state index contributed by atoms with van der Waals surface area (Å²) in [6.45, 7) is 5.26. The fourth-order valence-corrected chi connectivity index (χ4v) is 5.45. The highest BCUT2D eigenvalue weighted by molar-refractivity contribution is 7.89. The molecule has 0 atom stereocenters. The van der Waals surface area contributed by atoms with Crippen molar-refractivity contribution >= 4 is 21.8 Å². The van der Waals surface area contributed by atoms with Crippen LogP contribution in [0.1, 0.15) is 29.5 Å². The average molecular weight is 459 g/mol. The van der Waals surface area contributed by atoms with Gasteiger partial charge >= 0.3 is 0 Å². The standard InChI is InChI=1S/C23H30N4O4S/c1-18-4-5-19(2)21(16-18)32(30,31)27-14-12-26(13-15-27)23(29)7-6-22(28)25(3)17-20-8-10-24-11-9-20/h4-5,8-11,16H,6-7,12-15,17H2,1-3H3. The van der Waals surface area contributed by atoms with Crippen LogP contribution in [0.5, 0.6) is 0 Å². The normalized spacial score (nSPS) is 14.9. The van der Waals surface area contributed by atoms with E-state index in [2.05, 4.69) is 4.98 Å². The van der Waals surface area contributed by atoms with E-state index in [-0.39, 0.29) is 37.7 Å². The minimum Gasteiger partial charge on any atom is -0.341 e. The number of rotatable bonds is 7. The third-order valence-electron chi connectivity index (χ3n) is 5.70. The number of aryl methyl sites for hydroxylation is 2. The van der Waals surface area contributed by atoms with Gasteiger partial charge in [0.1, 0.15) is 0 Å². The van der Waals surface area contributed by atoms with Gasteiger partial charge in [0.25, 0.3) is 0 Å². The van der Waals surface area contributed by atoms with Crippen LogP contribution in [0.2, 0.25) is 0 Å². The number of aromatic nitrogens is 1. The van der Waals surface area contributed by atoms with Crippen LogP contribution < -0.4 is 0 Å². The number of hydrogen-bond donors (Lipinski definition) is 0. The molecule has 1 fully saturated rings. The summed E-state index contributed by atoms with van der Waals surface area (Å²) in [7, 11) is -1.89. The molecule has 0 radical (unpaired) electrons. The molecule has 1 aliphatic heterocycles. The number of carbonyl (C=O) groups excluding carboxylic acids is 2. The van der Waals surface area contributed by atoms with Crippen molar-refractivity contribution in [1.82, 2.24) is 19.1 Å². The highest BCUT2D eigenvalue weighted by atomic mass is 32.2. The smallest absolute Gasteiger partial charge is 0.243 e. The van der Waals surface area contributed by atoms with Crippen LogP contribution in [-0.2, 0) is 26.2 Å². The lowest BCUT2D eigenvalue weighted by atomic mass is 10.2. The van der Waals surface area contributed by atoms with Crippen molar-refractivity contribution in [2.45, 2.75) is 38.1 Å². The van der Waals surface area contributed by atoms with Gasteiger partial charge in [0.15, 0.2) is 0 Å². The Morgan fingerprint density at radius 2 is 1.66 bits per heavy atom. The van der Waals surface area contributed by atoms with Crippen molar-refractivity contribution in [2.24, 2.45) is 0 Å². The summed E-state index contributed by atoms with van der Waals surface area (Å²) < 4.78 is 27.5. The van der Waals surface area contributed by atoms with Crippen LogP contribution >= 0.6 is 0 Å². The van der Waals surface area contributed by atoms with E-state index >= 15 is 0 Å². The lowest BCUT2D eigenvalue weighted by molar-refractivity contribution is -0.137. The van der Waals surface area contributed by atoms with Gasteiger partial charge in [0.2, 0.25) is 21.8 Å². The Morgan fingerprint density at radius 1 is 1.00 bits per heavy atom. The van der Waals surface area contributed by atoms with Crippen LogP contribution in [0.15, 0.2) is 47.6 Å². The Balaban J connectivity index is 1.50. The van der Waals surface area contributed by atoms with Gasteiger partial charge in [-0.1, -0.05) is 12.1 Å². The first kappa shape index (κ1) is 23.9. The molecule has 9 heteroatoms. The van der Waals surface area contributed by atoms with E-state index in [4.69, 9.17) is 0 Å². The molecule has 3 rings (SSSR count). The Bertz CT molecular complexity index is 1060. The lowest BCUT2D eigenvalue weighted by Crippen LogP contribution is -2.50. The van der Waals surface area contributed by atoms with E-state index in [1.165, 1.54) is 4.31 Å². The summed E-state index contributed by atoms with van der Waals surface area (Å²) in [4.78, 5) is 32.5. The minimum atomic E-state index is -3.60. The summed E-state index contributed by atoms with van der Waals surface area (Å²) in [6, 6.07) is 9.09. The van der Waals surface area contributed by atoms with Crippen LogP contribution in [0, 0.1) is 13.8 Å². The van der Waals surface area contributed by atoms with Crippen molar-refractivity contribution in [3.63, 3.8) is 0 Å². The molecule has 1 aromatic carbocycles. The van der Waals surface area contributed by atoms with Crippen LogP contribution in [0.4, 0.5) is 0 Å². The zero-order chi connectivity index (χ0) is 23.3. The summed E-state index contributed by atoms with van der Waals surface area (Å²) in [6.07, 6.45) is 3.60. The molecule has 0 spiro atoms. The second kappa shape index (κ2) is 10.2. The monoisotopic (exact) mass is 458 g/mol. The number of benzene rings is 1. The Kier molecular flexibility index (Phi) is 7.63. The molecule has 8 nitrogen and oxygen atoms in total. The summed E-state index contributed by atoms with van der Waals surface area (Å²) in [5, 5.41) is 0. The number of hydrogen-bond acceptors (Lipinski definition) is 5. The van der Waals surface area contributed by atoms with Crippen LogP contribution in [0.25, 0.3) is 0 Å². The molecule has 1 aromatic heterocycles. The molecule has 2 amide bonds. The summed E-state index contributed by atoms with van der Waals surface area (Å²) >= 11 is 0. The van der Waals surface area contributed by atoms with Gasteiger partial charge in [-0.15, -0.1) is 0 Å². The zero-order valence-electron chi connectivity index (χ0n) is 18.8. The highest BCUT2D eigenvalue weighted by Gasteiger charge is 2.31. The Labute approximate surface area is 189 Å². The number of piperazine rings is 1. The third kappa shape index (κ3) is 5.72. The van der Waals surface area contributed by atoms with Crippen molar-refractivity contribution in [3.8, 4) is 0 Å². The zero-order valence-corrected chi connectivity index (χ0v) is 19.6. The maximum absolute atomic E-state index is 13.0. The van der Waals surface area contributed by atoms with Gasteiger partial charge in [0, 0.05) is 65.0 Å². The average Bonchev–Trinajstić information content (AvgIpc) is 2.79. The van der Waals surface area contributed by atoms with Crippen molar-refractivity contribution in [1.29, 1.82) is 0 Å². The molecule has 0 aliphatic carbocycles. The molecular weight excluding hydrogens is 428 g/mol. The van der Waals surface area contributed by atoms with Crippen molar-refractivity contribution in [3.05, 3.63) is 59.4 Å². The van der Waals surface area contributed by atoms with E-state index in [1.54, 1.807) is 42.2 Å². The first-order valence-corrected chi connectivity index (χ1v) is 12.1. The Morgan fingerprint density at radius 3 is 2.31 bits per heavy atom.